The van der Waals surface area contributed by atoms with Crippen LogP contribution in [0.15, 0.2) is 29.6 Å². The maximum atomic E-state index is 13.5. The van der Waals surface area contributed by atoms with Crippen LogP contribution >= 0.6 is 11.3 Å². The fraction of sp³-hybridized carbons (Fsp3) is 0.167. The summed E-state index contributed by atoms with van der Waals surface area (Å²) < 4.78 is 32.0. The summed E-state index contributed by atoms with van der Waals surface area (Å²) in [4.78, 5) is 0.386. The van der Waals surface area contributed by atoms with Gasteiger partial charge in [-0.25, -0.2) is 8.78 Å². The Morgan fingerprint density at radius 3 is 2.47 bits per heavy atom. The molecule has 0 radical (unpaired) electrons. The van der Waals surface area contributed by atoms with Gasteiger partial charge in [0, 0.05) is 0 Å². The normalized spacial score (nSPS) is 12.5. The van der Waals surface area contributed by atoms with Crippen molar-refractivity contribution in [3.63, 3.8) is 0 Å². The molecule has 2 aromatic rings. The van der Waals surface area contributed by atoms with Gasteiger partial charge in [-0.05, 0) is 23.6 Å². The number of hydrogen-bond donors (Lipinski definition) is 1. The lowest BCUT2D eigenvalue weighted by Crippen LogP contribution is -2.05. The summed E-state index contributed by atoms with van der Waals surface area (Å²) in [5.74, 6) is -1.12. The molecule has 90 valence electrons. The Hall–Kier alpha value is -1.46. The minimum absolute atomic E-state index is 0.353. The number of thiophene rings is 1. The average molecular weight is 256 g/mol. The molecule has 0 amide bonds. The zero-order valence-electron chi connectivity index (χ0n) is 8.98. The Balaban J connectivity index is 2.47. The first kappa shape index (κ1) is 12.0. The van der Waals surface area contributed by atoms with Crippen LogP contribution in [0.1, 0.15) is 16.5 Å². The number of rotatable bonds is 3. The summed E-state index contributed by atoms with van der Waals surface area (Å²) in [5, 5.41) is 11.7. The van der Waals surface area contributed by atoms with Crippen molar-refractivity contribution in [3.05, 3.63) is 51.7 Å². The molecule has 5 heteroatoms. The molecule has 0 fully saturated rings. The van der Waals surface area contributed by atoms with E-state index in [-0.39, 0.29) is 5.56 Å². The first-order valence-corrected chi connectivity index (χ1v) is 5.76. The Kier molecular flexibility index (Phi) is 3.40. The molecule has 2 nitrogen and oxygen atoms in total. The monoisotopic (exact) mass is 256 g/mol. The van der Waals surface area contributed by atoms with Crippen LogP contribution in [0.2, 0.25) is 0 Å². The summed E-state index contributed by atoms with van der Waals surface area (Å²) in [5.41, 5.74) is -0.353. The second-order valence-corrected chi connectivity index (χ2v) is 4.34. The van der Waals surface area contributed by atoms with Gasteiger partial charge in [-0.3, -0.25) is 0 Å². The third-order valence-electron chi connectivity index (χ3n) is 2.40. The highest BCUT2D eigenvalue weighted by Crippen LogP contribution is 2.36. The highest BCUT2D eigenvalue weighted by atomic mass is 32.1. The summed E-state index contributed by atoms with van der Waals surface area (Å²) in [6, 6.07) is 5.12. The Labute approximate surface area is 101 Å². The first-order chi connectivity index (χ1) is 8.15. The van der Waals surface area contributed by atoms with E-state index in [0.29, 0.717) is 10.6 Å². The van der Waals surface area contributed by atoms with E-state index >= 15 is 0 Å². The highest BCUT2D eigenvalue weighted by Gasteiger charge is 2.23. The molecule has 0 bridgehead atoms. The number of benzene rings is 1. The van der Waals surface area contributed by atoms with Gasteiger partial charge in [-0.2, -0.15) is 0 Å². The largest absolute Gasteiger partial charge is 0.495 e. The van der Waals surface area contributed by atoms with Crippen LogP contribution in [-0.4, -0.2) is 12.2 Å². The number of methoxy groups -OCH3 is 1. The van der Waals surface area contributed by atoms with Gasteiger partial charge in [-0.15, -0.1) is 11.3 Å². The van der Waals surface area contributed by atoms with Crippen molar-refractivity contribution in [1.82, 2.24) is 0 Å². The van der Waals surface area contributed by atoms with Gasteiger partial charge in [-0.1, -0.05) is 6.07 Å². The zero-order chi connectivity index (χ0) is 12.4. The minimum Gasteiger partial charge on any atom is -0.495 e. The molecule has 0 spiro atoms. The minimum atomic E-state index is -1.36. The van der Waals surface area contributed by atoms with Gasteiger partial charge in [0.2, 0.25) is 0 Å². The second kappa shape index (κ2) is 4.81. The quantitative estimate of drug-likeness (QED) is 0.914. The van der Waals surface area contributed by atoms with Gasteiger partial charge < -0.3 is 9.84 Å². The molecule has 0 aliphatic rings. The van der Waals surface area contributed by atoms with E-state index in [1.54, 1.807) is 11.4 Å². The number of hydrogen-bond acceptors (Lipinski definition) is 3. The van der Waals surface area contributed by atoms with Gasteiger partial charge in [0.1, 0.15) is 23.5 Å². The van der Waals surface area contributed by atoms with Crippen molar-refractivity contribution in [3.8, 4) is 5.75 Å². The molecule has 0 saturated carbocycles. The number of aliphatic hydroxyl groups is 1. The summed E-state index contributed by atoms with van der Waals surface area (Å²) in [6.07, 6.45) is -1.36. The molecule has 1 atom stereocenters. The van der Waals surface area contributed by atoms with Crippen molar-refractivity contribution >= 4 is 11.3 Å². The molecular formula is C12H10F2O2S. The first-order valence-electron chi connectivity index (χ1n) is 4.88. The standard InChI is InChI=1S/C12H10F2O2S/c1-16-9-5-6-17-12(9)11(15)10-7(13)3-2-4-8(10)14/h2-6,11,15H,1H3. The predicted octanol–water partition coefficient (Wildman–Crippen LogP) is 3.12. The van der Waals surface area contributed by atoms with Gasteiger partial charge in [0.15, 0.2) is 0 Å². The van der Waals surface area contributed by atoms with Crippen LogP contribution in [0.3, 0.4) is 0 Å². The van der Waals surface area contributed by atoms with Crippen molar-refractivity contribution in [2.75, 3.05) is 7.11 Å². The van der Waals surface area contributed by atoms with E-state index in [9.17, 15) is 13.9 Å². The van der Waals surface area contributed by atoms with Crippen LogP contribution in [0.5, 0.6) is 5.75 Å². The van der Waals surface area contributed by atoms with Crippen LogP contribution in [0.4, 0.5) is 8.78 Å². The van der Waals surface area contributed by atoms with Crippen LogP contribution < -0.4 is 4.74 Å². The molecule has 1 aromatic carbocycles. The lowest BCUT2D eigenvalue weighted by molar-refractivity contribution is 0.208. The van der Waals surface area contributed by atoms with Gasteiger partial charge >= 0.3 is 0 Å². The van der Waals surface area contributed by atoms with E-state index in [2.05, 4.69) is 0 Å². The fourth-order valence-electron chi connectivity index (χ4n) is 1.58. The Morgan fingerprint density at radius 1 is 1.24 bits per heavy atom. The predicted molar refractivity (Wildman–Crippen MR) is 61.3 cm³/mol. The number of aliphatic hydroxyl groups excluding tert-OH is 1. The van der Waals surface area contributed by atoms with Crippen molar-refractivity contribution in [1.29, 1.82) is 0 Å². The molecular weight excluding hydrogens is 246 g/mol. The SMILES string of the molecule is COc1ccsc1C(O)c1c(F)cccc1F. The van der Waals surface area contributed by atoms with E-state index in [4.69, 9.17) is 4.74 Å². The molecule has 17 heavy (non-hydrogen) atoms. The second-order valence-electron chi connectivity index (χ2n) is 3.39. The van der Waals surface area contributed by atoms with Gasteiger partial charge in [0.05, 0.1) is 17.6 Å². The molecule has 0 saturated heterocycles. The van der Waals surface area contributed by atoms with Crippen molar-refractivity contribution in [2.45, 2.75) is 6.10 Å². The molecule has 1 aromatic heterocycles. The third-order valence-corrected chi connectivity index (χ3v) is 3.35. The van der Waals surface area contributed by atoms with Crippen molar-refractivity contribution in [2.24, 2.45) is 0 Å². The summed E-state index contributed by atoms with van der Waals surface area (Å²) in [6.45, 7) is 0. The molecule has 0 aliphatic carbocycles. The number of ether oxygens (including phenoxy) is 1. The summed E-state index contributed by atoms with van der Waals surface area (Å²) in [7, 11) is 1.44. The van der Waals surface area contributed by atoms with Crippen molar-refractivity contribution < 1.29 is 18.6 Å². The molecule has 0 aliphatic heterocycles. The van der Waals surface area contributed by atoms with E-state index in [1.165, 1.54) is 24.5 Å². The lowest BCUT2D eigenvalue weighted by Gasteiger charge is -2.12. The third kappa shape index (κ3) is 2.16. The van der Waals surface area contributed by atoms with E-state index in [1.807, 2.05) is 0 Å². The Morgan fingerprint density at radius 2 is 1.88 bits per heavy atom. The number of halogens is 2. The van der Waals surface area contributed by atoms with Crippen LogP contribution in [-0.2, 0) is 0 Å². The summed E-state index contributed by atoms with van der Waals surface area (Å²) >= 11 is 1.19. The van der Waals surface area contributed by atoms with Gasteiger partial charge in [0.25, 0.3) is 0 Å². The average Bonchev–Trinajstić information content (AvgIpc) is 2.76. The Bertz CT molecular complexity index is 505. The fourth-order valence-corrected chi connectivity index (χ4v) is 2.43. The molecule has 1 N–H and O–H groups in total. The molecule has 2 rings (SSSR count). The van der Waals surface area contributed by atoms with Crippen LogP contribution in [0, 0.1) is 11.6 Å². The molecule has 1 heterocycles. The molecule has 1 unspecified atom stereocenters. The van der Waals surface area contributed by atoms with E-state index in [0.717, 1.165) is 12.1 Å². The maximum absolute atomic E-state index is 13.5. The lowest BCUT2D eigenvalue weighted by atomic mass is 10.1. The van der Waals surface area contributed by atoms with Crippen LogP contribution in [0.25, 0.3) is 0 Å². The highest BCUT2D eigenvalue weighted by molar-refractivity contribution is 7.10. The maximum Gasteiger partial charge on any atom is 0.135 e. The smallest absolute Gasteiger partial charge is 0.135 e. The zero-order valence-corrected chi connectivity index (χ0v) is 9.80. The van der Waals surface area contributed by atoms with E-state index < -0.39 is 17.7 Å². The topological polar surface area (TPSA) is 29.5 Å².